The summed E-state index contributed by atoms with van der Waals surface area (Å²) in [7, 11) is 0. The first kappa shape index (κ1) is 25.6. The number of nitrogens with zero attached hydrogens (tertiary/aromatic N) is 2. The summed E-state index contributed by atoms with van der Waals surface area (Å²) in [6.45, 7) is 10.6. The van der Waals surface area contributed by atoms with Crippen molar-refractivity contribution in [3.8, 4) is 0 Å². The van der Waals surface area contributed by atoms with Crippen LogP contribution in [0.25, 0.3) is 12.2 Å². The van der Waals surface area contributed by atoms with Gasteiger partial charge in [0.15, 0.2) is 0 Å². The topological polar surface area (TPSA) is 55.3 Å². The largest absolute Gasteiger partial charge is 0.383 e. The number of amidine groups is 1. The second-order valence-corrected chi connectivity index (χ2v) is 7.76. The fourth-order valence-corrected chi connectivity index (χ4v) is 3.72. The summed E-state index contributed by atoms with van der Waals surface area (Å²) in [5.41, 5.74) is 7.45. The minimum Gasteiger partial charge on any atom is -0.383 e. The van der Waals surface area contributed by atoms with Gasteiger partial charge in [0.1, 0.15) is 11.7 Å². The molecule has 4 nitrogen and oxygen atoms in total. The maximum atomic E-state index is 14.9. The molecule has 1 saturated heterocycles. The molecule has 3 N–H and O–H groups in total. The van der Waals surface area contributed by atoms with Crippen LogP contribution >= 0.6 is 0 Å². The van der Waals surface area contributed by atoms with E-state index in [1.54, 1.807) is 0 Å². The number of aromatic nitrogens is 1. The van der Waals surface area contributed by atoms with Crippen LogP contribution in [-0.4, -0.2) is 29.5 Å². The first-order chi connectivity index (χ1) is 15.6. The van der Waals surface area contributed by atoms with Gasteiger partial charge in [-0.15, -0.1) is 0 Å². The molecule has 1 aliphatic rings. The summed E-state index contributed by atoms with van der Waals surface area (Å²) in [5, 5.41) is 5.54. The van der Waals surface area contributed by atoms with Gasteiger partial charge in [-0.3, -0.25) is 4.99 Å². The standard InChI is InChI=1S/C25H33FN4.C2H6/c1-3-5-6-7-8-24-19(4-2)13-16-30(24)18-21-10-9-20(17-23(21)26)25(27)29-22-11-14-28-15-12-22;1-2/h4,6-10,13,16-17,22,28H,3,5,11-12,14-15,18H2,1-2H3,(H2,27,29);1-2H3/b7-6-,19-4-,24-8+;. The van der Waals surface area contributed by atoms with E-state index in [9.17, 15) is 4.39 Å². The number of unbranched alkanes of at least 4 members (excludes halogenated alkanes) is 1. The molecular formula is C27H39FN4. The maximum absolute atomic E-state index is 14.9. The fourth-order valence-electron chi connectivity index (χ4n) is 3.72. The van der Waals surface area contributed by atoms with Crippen molar-refractivity contribution in [2.24, 2.45) is 10.7 Å². The van der Waals surface area contributed by atoms with Crippen molar-refractivity contribution in [2.75, 3.05) is 13.1 Å². The van der Waals surface area contributed by atoms with E-state index in [-0.39, 0.29) is 11.9 Å². The van der Waals surface area contributed by atoms with Gasteiger partial charge in [-0.2, -0.15) is 0 Å². The second kappa shape index (κ2) is 13.7. The first-order valence-corrected chi connectivity index (χ1v) is 11.9. The Morgan fingerprint density at radius 1 is 1.25 bits per heavy atom. The summed E-state index contributed by atoms with van der Waals surface area (Å²) >= 11 is 0. The highest BCUT2D eigenvalue weighted by Crippen LogP contribution is 2.14. The number of halogens is 1. The average molecular weight is 439 g/mol. The molecule has 0 bridgehead atoms. The predicted octanol–water partition coefficient (Wildman–Crippen LogP) is 4.10. The third kappa shape index (κ3) is 7.20. The van der Waals surface area contributed by atoms with Gasteiger partial charge >= 0.3 is 0 Å². The Hall–Kier alpha value is -2.66. The van der Waals surface area contributed by atoms with Crippen LogP contribution < -0.4 is 21.6 Å². The normalized spacial score (nSPS) is 16.5. The third-order valence-corrected chi connectivity index (χ3v) is 5.52. The molecule has 5 heteroatoms. The Morgan fingerprint density at radius 2 is 2.00 bits per heavy atom. The molecule has 1 aromatic carbocycles. The van der Waals surface area contributed by atoms with Crippen LogP contribution in [0.15, 0.2) is 47.6 Å². The lowest BCUT2D eigenvalue weighted by Gasteiger charge is -2.19. The van der Waals surface area contributed by atoms with Gasteiger partial charge in [0.2, 0.25) is 0 Å². The highest BCUT2D eigenvalue weighted by atomic mass is 19.1. The number of benzene rings is 1. The molecule has 0 radical (unpaired) electrons. The Bertz CT molecular complexity index is 1010. The molecule has 3 rings (SSSR count). The Morgan fingerprint density at radius 3 is 2.66 bits per heavy atom. The molecule has 0 unspecified atom stereocenters. The second-order valence-electron chi connectivity index (χ2n) is 7.76. The van der Waals surface area contributed by atoms with E-state index in [4.69, 9.17) is 5.73 Å². The van der Waals surface area contributed by atoms with Crippen LogP contribution in [0.3, 0.4) is 0 Å². The van der Waals surface area contributed by atoms with Crippen LogP contribution in [0.1, 0.15) is 64.5 Å². The quantitative estimate of drug-likeness (QED) is 0.505. The van der Waals surface area contributed by atoms with E-state index < -0.39 is 0 Å². The Balaban J connectivity index is 0.00000176. The molecule has 2 heterocycles. The average Bonchev–Trinajstić information content (AvgIpc) is 3.21. The fraction of sp³-hybridized carbons (Fsp3) is 0.444. The van der Waals surface area contributed by atoms with Crippen molar-refractivity contribution in [3.05, 3.63) is 70.1 Å². The van der Waals surface area contributed by atoms with E-state index in [1.807, 2.05) is 39.1 Å². The van der Waals surface area contributed by atoms with Crippen molar-refractivity contribution in [3.63, 3.8) is 0 Å². The van der Waals surface area contributed by atoms with Crippen molar-refractivity contribution in [2.45, 2.75) is 66.0 Å². The molecule has 1 aromatic heterocycles. The highest BCUT2D eigenvalue weighted by molar-refractivity contribution is 5.97. The number of nitrogens with two attached hydrogens (primary N) is 1. The lowest BCUT2D eigenvalue weighted by Crippen LogP contribution is -2.31. The number of allylic oxidation sites excluding steroid dienone is 2. The third-order valence-electron chi connectivity index (χ3n) is 5.52. The zero-order chi connectivity index (χ0) is 23.3. The van der Waals surface area contributed by atoms with Crippen molar-refractivity contribution >= 4 is 18.0 Å². The summed E-state index contributed by atoms with van der Waals surface area (Å²) in [5.74, 6) is 0.172. The molecular weight excluding hydrogens is 399 g/mol. The predicted molar refractivity (Wildman–Crippen MR) is 136 cm³/mol. The summed E-state index contributed by atoms with van der Waals surface area (Å²) < 4.78 is 17.0. The number of piperidine rings is 1. The Kier molecular flexibility index (Phi) is 10.9. The van der Waals surface area contributed by atoms with Crippen molar-refractivity contribution in [1.29, 1.82) is 0 Å². The minimum absolute atomic E-state index is 0.219. The van der Waals surface area contributed by atoms with E-state index in [2.05, 4.69) is 52.2 Å². The van der Waals surface area contributed by atoms with Crippen LogP contribution in [0.5, 0.6) is 0 Å². The summed E-state index contributed by atoms with van der Waals surface area (Å²) in [6.07, 6.45) is 14.5. The molecule has 32 heavy (non-hydrogen) atoms. The summed E-state index contributed by atoms with van der Waals surface area (Å²) in [6, 6.07) is 7.49. The van der Waals surface area contributed by atoms with Gasteiger partial charge < -0.3 is 15.6 Å². The van der Waals surface area contributed by atoms with Crippen LogP contribution in [0.4, 0.5) is 4.39 Å². The molecule has 1 fully saturated rings. The van der Waals surface area contributed by atoms with Crippen molar-refractivity contribution < 1.29 is 4.39 Å². The molecule has 1 aliphatic heterocycles. The van der Waals surface area contributed by atoms with Crippen LogP contribution in [0.2, 0.25) is 0 Å². The van der Waals surface area contributed by atoms with Crippen LogP contribution in [-0.2, 0) is 6.54 Å². The minimum atomic E-state index is -0.251. The molecule has 0 amide bonds. The molecule has 174 valence electrons. The molecule has 0 atom stereocenters. The number of aliphatic imine (C=N–C) groups is 1. The van der Waals surface area contributed by atoms with Gasteiger partial charge in [-0.05, 0) is 62.7 Å². The smallest absolute Gasteiger partial charge is 0.128 e. The SMILES string of the molecule is C/C=c1/ccn(Cc2ccc(C(N)=NC3CCNCC3)cc2F)/c1=C/C=C\CCC.CC. The zero-order valence-corrected chi connectivity index (χ0v) is 20.1. The van der Waals surface area contributed by atoms with E-state index >= 15 is 0 Å². The monoisotopic (exact) mass is 438 g/mol. The zero-order valence-electron chi connectivity index (χ0n) is 20.1. The molecule has 0 spiro atoms. The first-order valence-electron chi connectivity index (χ1n) is 11.9. The number of rotatable bonds is 7. The molecule has 2 aromatic rings. The number of hydrogen-bond donors (Lipinski definition) is 2. The highest BCUT2D eigenvalue weighted by Gasteiger charge is 2.13. The van der Waals surface area contributed by atoms with E-state index in [0.717, 1.165) is 49.3 Å². The van der Waals surface area contributed by atoms with Gasteiger partial charge in [-0.25, -0.2) is 4.39 Å². The van der Waals surface area contributed by atoms with Gasteiger partial charge in [0.25, 0.3) is 0 Å². The lowest BCUT2D eigenvalue weighted by molar-refractivity contribution is 0.459. The van der Waals surface area contributed by atoms with Gasteiger partial charge in [0.05, 0.1) is 12.6 Å². The van der Waals surface area contributed by atoms with Gasteiger partial charge in [0, 0.05) is 22.7 Å². The summed E-state index contributed by atoms with van der Waals surface area (Å²) in [4.78, 5) is 4.60. The molecule has 0 aliphatic carbocycles. The number of hydrogen-bond acceptors (Lipinski definition) is 2. The molecule has 0 saturated carbocycles. The lowest BCUT2D eigenvalue weighted by atomic mass is 10.1. The Labute approximate surface area is 192 Å². The van der Waals surface area contributed by atoms with E-state index in [1.165, 1.54) is 6.07 Å². The van der Waals surface area contributed by atoms with E-state index in [0.29, 0.717) is 23.5 Å². The van der Waals surface area contributed by atoms with Crippen molar-refractivity contribution in [1.82, 2.24) is 9.88 Å². The van der Waals surface area contributed by atoms with Gasteiger partial charge in [-0.1, -0.05) is 57.6 Å². The number of nitrogens with one attached hydrogen (secondary N) is 1. The maximum Gasteiger partial charge on any atom is 0.128 e. The van der Waals surface area contributed by atoms with Crippen LogP contribution in [0, 0.1) is 5.82 Å².